The first-order chi connectivity index (χ1) is 13.6. The minimum atomic E-state index is -0.240. The van der Waals surface area contributed by atoms with Gasteiger partial charge in [0.1, 0.15) is 0 Å². The molecule has 0 fully saturated rings. The maximum absolute atomic E-state index is 12.5. The van der Waals surface area contributed by atoms with E-state index in [0.717, 1.165) is 34.3 Å². The van der Waals surface area contributed by atoms with Crippen LogP contribution in [0.1, 0.15) is 5.56 Å². The summed E-state index contributed by atoms with van der Waals surface area (Å²) in [4.78, 5) is 17.1. The fourth-order valence-electron chi connectivity index (χ4n) is 3.08. The van der Waals surface area contributed by atoms with Crippen LogP contribution in [0.25, 0.3) is 11.3 Å². The molecule has 0 unspecified atom stereocenters. The number of thioether (sulfide) groups is 1. The summed E-state index contributed by atoms with van der Waals surface area (Å²) < 4.78 is 13.1. The second kappa shape index (κ2) is 7.98. The van der Waals surface area contributed by atoms with Crippen molar-refractivity contribution in [1.82, 2.24) is 9.55 Å². The van der Waals surface area contributed by atoms with Gasteiger partial charge in [-0.25, -0.2) is 4.98 Å². The molecule has 0 saturated heterocycles. The number of carbonyl (C=O) groups excluding carboxylic acids is 1. The minimum absolute atomic E-state index is 0.108. The SMILES string of the molecule is COc1cc(C)ccc1OCC(=O)Nc1ccccc1-c1cn2c(n1)SCC2. The van der Waals surface area contributed by atoms with E-state index in [4.69, 9.17) is 9.47 Å². The van der Waals surface area contributed by atoms with E-state index >= 15 is 0 Å². The van der Waals surface area contributed by atoms with Crippen molar-refractivity contribution >= 4 is 23.4 Å². The quantitative estimate of drug-likeness (QED) is 0.684. The van der Waals surface area contributed by atoms with Gasteiger partial charge in [-0.3, -0.25) is 4.79 Å². The van der Waals surface area contributed by atoms with Crippen LogP contribution in [0.15, 0.2) is 53.8 Å². The molecule has 6 nitrogen and oxygen atoms in total. The molecule has 0 spiro atoms. The highest BCUT2D eigenvalue weighted by molar-refractivity contribution is 7.99. The van der Waals surface area contributed by atoms with Crippen LogP contribution in [-0.2, 0) is 11.3 Å². The predicted octanol–water partition coefficient (Wildman–Crippen LogP) is 3.99. The van der Waals surface area contributed by atoms with E-state index in [1.165, 1.54) is 0 Å². The number of aromatic nitrogens is 2. The molecule has 144 valence electrons. The van der Waals surface area contributed by atoms with Crippen LogP contribution in [0.4, 0.5) is 5.69 Å². The van der Waals surface area contributed by atoms with Crippen LogP contribution in [0.3, 0.4) is 0 Å². The molecule has 1 aromatic heterocycles. The van der Waals surface area contributed by atoms with Gasteiger partial charge in [-0.2, -0.15) is 0 Å². The summed E-state index contributed by atoms with van der Waals surface area (Å²) in [7, 11) is 1.58. The van der Waals surface area contributed by atoms with E-state index in [1.54, 1.807) is 24.9 Å². The molecule has 3 aromatic rings. The van der Waals surface area contributed by atoms with Crippen LogP contribution in [0.5, 0.6) is 11.5 Å². The number of methoxy groups -OCH3 is 1. The number of para-hydroxylation sites is 1. The number of carbonyl (C=O) groups is 1. The Morgan fingerprint density at radius 1 is 1.25 bits per heavy atom. The molecule has 1 aliphatic heterocycles. The first-order valence-corrected chi connectivity index (χ1v) is 9.99. The van der Waals surface area contributed by atoms with Crippen LogP contribution >= 0.6 is 11.8 Å². The largest absolute Gasteiger partial charge is 0.493 e. The van der Waals surface area contributed by atoms with Gasteiger partial charge in [-0.05, 0) is 30.7 Å². The highest BCUT2D eigenvalue weighted by atomic mass is 32.2. The zero-order valence-corrected chi connectivity index (χ0v) is 16.6. The normalized spacial score (nSPS) is 12.5. The summed E-state index contributed by atoms with van der Waals surface area (Å²) in [5.41, 5.74) is 3.53. The van der Waals surface area contributed by atoms with Crippen molar-refractivity contribution in [1.29, 1.82) is 0 Å². The number of amides is 1. The van der Waals surface area contributed by atoms with Gasteiger partial charge < -0.3 is 19.4 Å². The molecule has 0 aliphatic carbocycles. The maximum Gasteiger partial charge on any atom is 0.262 e. The molecule has 28 heavy (non-hydrogen) atoms. The standard InChI is InChI=1S/C21H21N3O3S/c1-14-7-8-18(19(11-14)26-2)27-13-20(25)22-16-6-4-3-5-15(16)17-12-24-9-10-28-21(24)23-17/h3-8,11-12H,9-10,13H2,1-2H3,(H,22,25). The van der Waals surface area contributed by atoms with Gasteiger partial charge in [0.2, 0.25) is 0 Å². The van der Waals surface area contributed by atoms with Gasteiger partial charge in [0.05, 0.1) is 18.5 Å². The highest BCUT2D eigenvalue weighted by Crippen LogP contribution is 2.32. The van der Waals surface area contributed by atoms with E-state index in [1.807, 2.05) is 49.5 Å². The number of fused-ring (bicyclic) bond motifs is 1. The number of anilines is 1. The van der Waals surface area contributed by atoms with Gasteiger partial charge in [0.15, 0.2) is 23.3 Å². The lowest BCUT2D eigenvalue weighted by atomic mass is 10.1. The first kappa shape index (κ1) is 18.4. The third-order valence-electron chi connectivity index (χ3n) is 4.46. The van der Waals surface area contributed by atoms with Crippen LogP contribution < -0.4 is 14.8 Å². The van der Waals surface area contributed by atoms with Crippen molar-refractivity contribution in [2.75, 3.05) is 24.8 Å². The molecule has 1 amide bonds. The topological polar surface area (TPSA) is 65.4 Å². The second-order valence-corrected chi connectivity index (χ2v) is 7.55. The van der Waals surface area contributed by atoms with Crippen LogP contribution in [0.2, 0.25) is 0 Å². The molecule has 4 rings (SSSR count). The lowest BCUT2D eigenvalue weighted by Crippen LogP contribution is -2.20. The molecular weight excluding hydrogens is 374 g/mol. The Bertz CT molecular complexity index is 994. The van der Waals surface area contributed by atoms with Gasteiger partial charge in [0.25, 0.3) is 5.91 Å². The maximum atomic E-state index is 12.5. The highest BCUT2D eigenvalue weighted by Gasteiger charge is 2.18. The number of aryl methyl sites for hydroxylation is 2. The molecule has 0 saturated carbocycles. The lowest BCUT2D eigenvalue weighted by molar-refractivity contribution is -0.118. The average molecular weight is 395 g/mol. The molecule has 1 aliphatic rings. The van der Waals surface area contributed by atoms with Gasteiger partial charge in [-0.1, -0.05) is 36.0 Å². The van der Waals surface area contributed by atoms with Gasteiger partial charge >= 0.3 is 0 Å². The van der Waals surface area contributed by atoms with Crippen molar-refractivity contribution < 1.29 is 14.3 Å². The van der Waals surface area contributed by atoms with Gasteiger partial charge in [-0.15, -0.1) is 0 Å². The number of hydrogen-bond donors (Lipinski definition) is 1. The first-order valence-electron chi connectivity index (χ1n) is 9.00. The summed E-state index contributed by atoms with van der Waals surface area (Å²) in [5, 5.41) is 3.95. The molecule has 1 N–H and O–H groups in total. The summed E-state index contributed by atoms with van der Waals surface area (Å²) in [6, 6.07) is 13.3. The fourth-order valence-corrected chi connectivity index (χ4v) is 4.02. The molecular formula is C21H21N3O3S. The molecule has 7 heteroatoms. The Labute approximate surface area is 167 Å². The van der Waals surface area contributed by atoms with Crippen molar-refractivity contribution in [3.8, 4) is 22.8 Å². The van der Waals surface area contributed by atoms with Crippen molar-refractivity contribution in [2.24, 2.45) is 0 Å². The third-order valence-corrected chi connectivity index (χ3v) is 5.43. The summed E-state index contributed by atoms with van der Waals surface area (Å²) in [5.74, 6) is 1.97. The van der Waals surface area contributed by atoms with E-state index in [-0.39, 0.29) is 12.5 Å². The Morgan fingerprint density at radius 2 is 2.11 bits per heavy atom. The van der Waals surface area contributed by atoms with E-state index < -0.39 is 0 Å². The summed E-state index contributed by atoms with van der Waals surface area (Å²) in [6.07, 6.45) is 2.04. The fraction of sp³-hybridized carbons (Fsp3) is 0.238. The molecule has 0 atom stereocenters. The number of ether oxygens (including phenoxy) is 2. The minimum Gasteiger partial charge on any atom is -0.493 e. The van der Waals surface area contributed by atoms with E-state index in [0.29, 0.717) is 17.2 Å². The number of nitrogens with zero attached hydrogens (tertiary/aromatic N) is 2. The molecule has 2 heterocycles. The van der Waals surface area contributed by atoms with Gasteiger partial charge in [0, 0.05) is 24.1 Å². The number of benzene rings is 2. The Kier molecular flexibility index (Phi) is 5.25. The Morgan fingerprint density at radius 3 is 2.93 bits per heavy atom. The lowest BCUT2D eigenvalue weighted by Gasteiger charge is -2.13. The third kappa shape index (κ3) is 3.84. The monoisotopic (exact) mass is 395 g/mol. The number of imidazole rings is 1. The predicted molar refractivity (Wildman–Crippen MR) is 110 cm³/mol. The molecule has 0 bridgehead atoms. The summed E-state index contributed by atoms with van der Waals surface area (Å²) >= 11 is 1.75. The second-order valence-electron chi connectivity index (χ2n) is 6.49. The van der Waals surface area contributed by atoms with Crippen molar-refractivity contribution in [3.05, 3.63) is 54.2 Å². The smallest absolute Gasteiger partial charge is 0.262 e. The Hall–Kier alpha value is -2.93. The van der Waals surface area contributed by atoms with Crippen LogP contribution in [0, 0.1) is 6.92 Å². The molecule has 2 aromatic carbocycles. The number of hydrogen-bond acceptors (Lipinski definition) is 5. The summed E-state index contributed by atoms with van der Waals surface area (Å²) in [6.45, 7) is 2.83. The van der Waals surface area contributed by atoms with E-state index in [9.17, 15) is 4.79 Å². The zero-order chi connectivity index (χ0) is 19.5. The zero-order valence-electron chi connectivity index (χ0n) is 15.8. The Balaban J connectivity index is 1.46. The van der Waals surface area contributed by atoms with E-state index in [2.05, 4.69) is 14.9 Å². The van der Waals surface area contributed by atoms with Crippen molar-refractivity contribution in [2.45, 2.75) is 18.6 Å². The molecule has 0 radical (unpaired) electrons. The van der Waals surface area contributed by atoms with Crippen LogP contribution in [-0.4, -0.2) is 34.9 Å². The number of nitrogens with one attached hydrogen (secondary N) is 1. The van der Waals surface area contributed by atoms with Crippen molar-refractivity contribution in [3.63, 3.8) is 0 Å². The average Bonchev–Trinajstić information content (AvgIpc) is 3.29. The number of rotatable bonds is 6.